The summed E-state index contributed by atoms with van der Waals surface area (Å²) in [4.78, 5) is 63.6. The van der Waals surface area contributed by atoms with Crippen molar-refractivity contribution in [2.75, 3.05) is 0 Å². The van der Waals surface area contributed by atoms with Crippen molar-refractivity contribution in [3.8, 4) is 0 Å². The van der Waals surface area contributed by atoms with Crippen molar-refractivity contribution in [1.29, 1.82) is 0 Å². The highest BCUT2D eigenvalue weighted by molar-refractivity contribution is 5.87. The van der Waals surface area contributed by atoms with Crippen molar-refractivity contribution >= 4 is 35.9 Å². The molecule has 4 rings (SSSR count). The highest BCUT2D eigenvalue weighted by atomic mass is 16.6. The maximum atomic E-state index is 13.1. The molecule has 2 bridgehead atoms. The molecule has 11 heteroatoms. The van der Waals surface area contributed by atoms with E-state index in [1.54, 1.807) is 19.9 Å². The van der Waals surface area contributed by atoms with Gasteiger partial charge in [-0.05, 0) is 42.0 Å². The Bertz CT molecular complexity index is 1540. The zero-order valence-corrected chi connectivity index (χ0v) is 28.9. The van der Waals surface area contributed by atoms with Crippen LogP contribution in [0.4, 0.5) is 0 Å². The van der Waals surface area contributed by atoms with Crippen LogP contribution in [0.15, 0.2) is 59.9 Å². The lowest BCUT2D eigenvalue weighted by atomic mass is 9.46. The molecule has 1 N–H and O–H groups in total. The molecule has 3 aliphatic rings. The van der Waals surface area contributed by atoms with Crippen LogP contribution in [0.3, 0.4) is 0 Å². The lowest BCUT2D eigenvalue weighted by Crippen LogP contribution is -2.69. The third-order valence-electron chi connectivity index (χ3n) is 10.5. The molecule has 260 valence electrons. The summed E-state index contributed by atoms with van der Waals surface area (Å²) in [5.74, 6) is -4.71. The zero-order valence-electron chi connectivity index (χ0n) is 28.9. The monoisotopic (exact) mass is 666 g/mol. The Morgan fingerprint density at radius 3 is 2.04 bits per heavy atom. The molecule has 8 atom stereocenters. The van der Waals surface area contributed by atoms with E-state index >= 15 is 0 Å². The first-order chi connectivity index (χ1) is 22.3. The van der Waals surface area contributed by atoms with Gasteiger partial charge in [0.05, 0.1) is 11.0 Å². The number of fused-ring (bicyclic) bond motifs is 3. The summed E-state index contributed by atoms with van der Waals surface area (Å²) < 4.78 is 29.6. The van der Waals surface area contributed by atoms with Gasteiger partial charge in [-0.1, -0.05) is 57.7 Å². The minimum Gasteiger partial charge on any atom is -0.462 e. The van der Waals surface area contributed by atoms with Gasteiger partial charge in [0.25, 0.3) is 0 Å². The number of carbonyl (C=O) groups excluding carboxylic acids is 5. The molecule has 1 aromatic carbocycles. The van der Waals surface area contributed by atoms with Crippen LogP contribution in [0.5, 0.6) is 0 Å². The zero-order chi connectivity index (χ0) is 35.8. The molecule has 11 nitrogen and oxygen atoms in total. The number of rotatable bonds is 7. The lowest BCUT2D eigenvalue weighted by Gasteiger charge is -2.62. The minimum absolute atomic E-state index is 0.0408. The van der Waals surface area contributed by atoms with Gasteiger partial charge in [-0.2, -0.15) is 0 Å². The number of benzene rings is 1. The van der Waals surface area contributed by atoms with E-state index in [4.69, 9.17) is 23.7 Å². The fourth-order valence-electron chi connectivity index (χ4n) is 8.07. The lowest BCUT2D eigenvalue weighted by molar-refractivity contribution is -0.246. The maximum absolute atomic E-state index is 13.1. The van der Waals surface area contributed by atoms with Crippen molar-refractivity contribution < 1.29 is 52.8 Å². The molecular weight excluding hydrogens is 620 g/mol. The summed E-state index contributed by atoms with van der Waals surface area (Å²) in [7, 11) is 0. The van der Waals surface area contributed by atoms with E-state index in [0.29, 0.717) is 11.1 Å². The first-order valence-corrected chi connectivity index (χ1v) is 16.1. The molecule has 0 aliphatic heterocycles. The summed E-state index contributed by atoms with van der Waals surface area (Å²) in [6, 6.07) is 9.18. The highest BCUT2D eigenvalue weighted by Crippen LogP contribution is 2.63. The molecule has 0 spiro atoms. The van der Waals surface area contributed by atoms with Gasteiger partial charge in [0.2, 0.25) is 0 Å². The fourth-order valence-corrected chi connectivity index (χ4v) is 8.07. The first kappa shape index (κ1) is 36.6. The number of carbonyl (C=O) groups is 5. The Morgan fingerprint density at radius 2 is 1.48 bits per heavy atom. The molecule has 0 amide bonds. The van der Waals surface area contributed by atoms with Gasteiger partial charge in [0.1, 0.15) is 30.2 Å². The van der Waals surface area contributed by atoms with Gasteiger partial charge in [0.15, 0.2) is 0 Å². The quantitative estimate of drug-likeness (QED) is 0.181. The van der Waals surface area contributed by atoms with Crippen LogP contribution in [-0.2, 0) is 47.7 Å². The number of esters is 5. The average molecular weight is 667 g/mol. The molecule has 1 aromatic rings. The number of hydrogen-bond acceptors (Lipinski definition) is 11. The molecule has 0 aromatic heterocycles. The maximum Gasteiger partial charge on any atom is 0.331 e. The van der Waals surface area contributed by atoms with Crippen LogP contribution in [0.2, 0.25) is 0 Å². The van der Waals surface area contributed by atoms with Crippen molar-refractivity contribution in [3.63, 3.8) is 0 Å². The first-order valence-electron chi connectivity index (χ1n) is 16.1. The largest absolute Gasteiger partial charge is 0.462 e. The van der Waals surface area contributed by atoms with Crippen molar-refractivity contribution in [1.82, 2.24) is 0 Å². The third kappa shape index (κ3) is 6.97. The van der Waals surface area contributed by atoms with Crippen LogP contribution in [0.1, 0.15) is 80.2 Å². The van der Waals surface area contributed by atoms with E-state index in [-0.39, 0.29) is 25.0 Å². The van der Waals surface area contributed by atoms with Gasteiger partial charge >= 0.3 is 29.8 Å². The number of ether oxygens (including phenoxy) is 5. The summed E-state index contributed by atoms with van der Waals surface area (Å²) in [6.07, 6.45) is -1.76. The van der Waals surface area contributed by atoms with Gasteiger partial charge in [-0.15, -0.1) is 0 Å². The molecule has 2 saturated carbocycles. The third-order valence-corrected chi connectivity index (χ3v) is 10.5. The van der Waals surface area contributed by atoms with Crippen LogP contribution >= 0.6 is 0 Å². The topological polar surface area (TPSA) is 152 Å². The van der Waals surface area contributed by atoms with E-state index < -0.39 is 82.5 Å². The minimum atomic E-state index is -1.63. The van der Waals surface area contributed by atoms with E-state index in [2.05, 4.69) is 6.58 Å². The SMILES string of the molecule is C=C1[C@@H](OC(=O)C=Cc2ccccc2)C[C@H](OC(C)=O)[C@]2(C)[C@@H]1C[C@@]1(O)CC(OC(C)=O)=C(C)[C@H]([C@@H](OC(C)=O)[C@@H]2OC(C)=O)C1(C)C. The predicted octanol–water partition coefficient (Wildman–Crippen LogP) is 5.01. The Balaban J connectivity index is 1.93. The Morgan fingerprint density at radius 1 is 0.875 bits per heavy atom. The average Bonchev–Trinajstić information content (AvgIpc) is 2.97. The Labute approximate surface area is 281 Å². The molecule has 2 fully saturated rings. The number of aliphatic hydroxyl groups is 1. The fraction of sp³-hybridized carbons (Fsp3) is 0.541. The standard InChI is InChI=1S/C37H46O11/c1-20-27-18-37(43)19-29(44-22(3)38)21(2)32(35(37,7)8)33(46-24(5)40)34(47-25(6)41)36(27,9)30(45-23(4)39)17-28(20)48-31(42)16-15-26-13-11-10-12-14-26/h10-16,27-28,30,32-34,43H,1,17-19H2,2-9H3/t27-,28+,30+,32-,33-,34+,36+,37-/m1/s1. The summed E-state index contributed by atoms with van der Waals surface area (Å²) >= 11 is 0. The van der Waals surface area contributed by atoms with E-state index in [1.807, 2.05) is 44.2 Å². The number of hydrogen-bond donors (Lipinski definition) is 1. The van der Waals surface area contributed by atoms with Gasteiger partial charge in [0, 0.05) is 57.9 Å². The molecule has 3 aliphatic carbocycles. The molecule has 48 heavy (non-hydrogen) atoms. The molecule has 0 unspecified atom stereocenters. The smallest absolute Gasteiger partial charge is 0.331 e. The van der Waals surface area contributed by atoms with E-state index in [1.165, 1.54) is 33.8 Å². The summed E-state index contributed by atoms with van der Waals surface area (Å²) in [6.45, 7) is 16.4. The van der Waals surface area contributed by atoms with Crippen LogP contribution in [-0.4, -0.2) is 65.0 Å². The molecule has 0 heterocycles. The summed E-state index contributed by atoms with van der Waals surface area (Å²) in [5.41, 5.74) is -2.33. The van der Waals surface area contributed by atoms with Crippen molar-refractivity contribution in [3.05, 3.63) is 65.5 Å². The molecule has 0 radical (unpaired) electrons. The summed E-state index contributed by atoms with van der Waals surface area (Å²) in [5, 5.41) is 12.7. The molecular formula is C37H46O11. The Hall–Kier alpha value is -4.25. The predicted molar refractivity (Wildman–Crippen MR) is 173 cm³/mol. The highest BCUT2D eigenvalue weighted by Gasteiger charge is 2.68. The van der Waals surface area contributed by atoms with Crippen LogP contribution in [0.25, 0.3) is 6.08 Å². The van der Waals surface area contributed by atoms with Crippen LogP contribution in [0, 0.1) is 22.7 Å². The van der Waals surface area contributed by atoms with E-state index in [9.17, 15) is 29.1 Å². The van der Waals surface area contributed by atoms with Gasteiger partial charge < -0.3 is 28.8 Å². The second kappa shape index (κ2) is 13.7. The van der Waals surface area contributed by atoms with Gasteiger partial charge in [-0.3, -0.25) is 19.2 Å². The van der Waals surface area contributed by atoms with Crippen molar-refractivity contribution in [2.24, 2.45) is 22.7 Å². The molecule has 0 saturated heterocycles. The second-order valence-corrected chi connectivity index (χ2v) is 13.9. The van der Waals surface area contributed by atoms with Crippen molar-refractivity contribution in [2.45, 2.75) is 105 Å². The van der Waals surface area contributed by atoms with Crippen LogP contribution < -0.4 is 0 Å². The second-order valence-electron chi connectivity index (χ2n) is 13.9. The van der Waals surface area contributed by atoms with E-state index in [0.717, 1.165) is 5.56 Å². The normalized spacial score (nSPS) is 32.6. The van der Waals surface area contributed by atoms with Gasteiger partial charge in [-0.25, -0.2) is 4.79 Å². The Kier molecular flexibility index (Phi) is 10.4.